The van der Waals surface area contributed by atoms with Crippen molar-refractivity contribution in [3.05, 3.63) is 17.2 Å². The molecule has 1 fully saturated rings. The molecule has 0 unspecified atom stereocenters. The Labute approximate surface area is 145 Å². The topological polar surface area (TPSA) is 88.7 Å². The SMILES string of the molecule is COCC1(C(=O)Nc2cc3c(cc2Cl)NC(=O)CO3)CCNCC1. The third-order valence-electron chi connectivity index (χ3n) is 4.41. The van der Waals surface area contributed by atoms with Crippen molar-refractivity contribution in [2.45, 2.75) is 12.8 Å². The van der Waals surface area contributed by atoms with E-state index in [0.717, 1.165) is 13.1 Å². The van der Waals surface area contributed by atoms with Crippen LogP contribution in [0.4, 0.5) is 11.4 Å². The first-order chi connectivity index (χ1) is 11.5. The molecule has 3 N–H and O–H groups in total. The first-order valence-corrected chi connectivity index (χ1v) is 8.19. The number of ether oxygens (including phenoxy) is 2. The van der Waals surface area contributed by atoms with Crippen LogP contribution in [0.1, 0.15) is 12.8 Å². The maximum atomic E-state index is 12.9. The maximum absolute atomic E-state index is 12.9. The number of rotatable bonds is 4. The predicted molar refractivity (Wildman–Crippen MR) is 90.6 cm³/mol. The number of hydrogen-bond acceptors (Lipinski definition) is 5. The van der Waals surface area contributed by atoms with E-state index < -0.39 is 5.41 Å². The highest BCUT2D eigenvalue weighted by molar-refractivity contribution is 6.34. The zero-order valence-corrected chi connectivity index (χ0v) is 14.2. The van der Waals surface area contributed by atoms with E-state index in [1.165, 1.54) is 0 Å². The average molecular weight is 354 g/mol. The lowest BCUT2D eigenvalue weighted by atomic mass is 9.78. The van der Waals surface area contributed by atoms with E-state index >= 15 is 0 Å². The van der Waals surface area contributed by atoms with Crippen LogP contribution in [0.3, 0.4) is 0 Å². The smallest absolute Gasteiger partial charge is 0.262 e. The van der Waals surface area contributed by atoms with E-state index in [0.29, 0.717) is 41.6 Å². The molecule has 8 heteroatoms. The fourth-order valence-corrected chi connectivity index (χ4v) is 3.28. The van der Waals surface area contributed by atoms with Crippen LogP contribution in [0.2, 0.25) is 5.02 Å². The summed E-state index contributed by atoms with van der Waals surface area (Å²) in [6.07, 6.45) is 1.39. The number of piperidine rings is 1. The average Bonchev–Trinajstić information content (AvgIpc) is 2.57. The number of anilines is 2. The number of benzene rings is 1. The molecule has 7 nitrogen and oxygen atoms in total. The van der Waals surface area contributed by atoms with Gasteiger partial charge in [-0.3, -0.25) is 9.59 Å². The van der Waals surface area contributed by atoms with Crippen LogP contribution in [0, 0.1) is 5.41 Å². The second-order valence-corrected chi connectivity index (χ2v) is 6.49. The molecule has 130 valence electrons. The molecule has 0 saturated carbocycles. The van der Waals surface area contributed by atoms with E-state index in [-0.39, 0.29) is 18.4 Å². The summed E-state index contributed by atoms with van der Waals surface area (Å²) in [5.74, 6) is 0.136. The third-order valence-corrected chi connectivity index (χ3v) is 4.73. The highest BCUT2D eigenvalue weighted by Gasteiger charge is 2.40. The third kappa shape index (κ3) is 3.33. The standard InChI is InChI=1S/C16H20ClN3O4/c1-23-9-16(2-4-18-5-3-16)15(22)20-11-7-13-12(6-10(11)17)19-14(21)8-24-13/h6-7,18H,2-5,8-9H2,1H3,(H,19,21)(H,20,22). The normalized spacial score (nSPS) is 19.0. The van der Waals surface area contributed by atoms with Crippen molar-refractivity contribution in [3.8, 4) is 5.75 Å². The Balaban J connectivity index is 1.82. The van der Waals surface area contributed by atoms with Crippen LogP contribution in [0.15, 0.2) is 12.1 Å². The van der Waals surface area contributed by atoms with E-state index in [2.05, 4.69) is 16.0 Å². The molecular formula is C16H20ClN3O4. The van der Waals surface area contributed by atoms with Crippen molar-refractivity contribution in [1.29, 1.82) is 0 Å². The molecule has 1 aromatic rings. The van der Waals surface area contributed by atoms with Crippen LogP contribution in [0.5, 0.6) is 5.75 Å². The van der Waals surface area contributed by atoms with E-state index in [1.54, 1.807) is 19.2 Å². The van der Waals surface area contributed by atoms with Crippen molar-refractivity contribution in [2.24, 2.45) is 5.41 Å². The minimum atomic E-state index is -0.575. The second-order valence-electron chi connectivity index (χ2n) is 6.08. The van der Waals surface area contributed by atoms with Gasteiger partial charge in [0, 0.05) is 13.2 Å². The second kappa shape index (κ2) is 6.96. The molecule has 24 heavy (non-hydrogen) atoms. The molecule has 0 aromatic heterocycles. The van der Waals surface area contributed by atoms with Gasteiger partial charge in [-0.1, -0.05) is 11.6 Å². The van der Waals surface area contributed by atoms with Gasteiger partial charge < -0.3 is 25.4 Å². The number of carbonyl (C=O) groups excluding carboxylic acids is 2. The lowest BCUT2D eigenvalue weighted by Gasteiger charge is -2.35. The van der Waals surface area contributed by atoms with Crippen molar-refractivity contribution in [3.63, 3.8) is 0 Å². The minimum Gasteiger partial charge on any atom is -0.482 e. The first-order valence-electron chi connectivity index (χ1n) is 7.81. The van der Waals surface area contributed by atoms with Gasteiger partial charge in [-0.2, -0.15) is 0 Å². The molecule has 2 heterocycles. The largest absolute Gasteiger partial charge is 0.482 e. The van der Waals surface area contributed by atoms with E-state index in [9.17, 15) is 9.59 Å². The fraction of sp³-hybridized carbons (Fsp3) is 0.500. The number of nitrogens with one attached hydrogen (secondary N) is 3. The monoisotopic (exact) mass is 353 g/mol. The Morgan fingerprint density at radius 2 is 2.17 bits per heavy atom. The maximum Gasteiger partial charge on any atom is 0.262 e. The Kier molecular flexibility index (Phi) is 4.93. The van der Waals surface area contributed by atoms with Gasteiger partial charge in [0.25, 0.3) is 5.91 Å². The van der Waals surface area contributed by atoms with Gasteiger partial charge in [0.15, 0.2) is 6.61 Å². The van der Waals surface area contributed by atoms with Gasteiger partial charge in [0.05, 0.1) is 28.4 Å². The summed E-state index contributed by atoms with van der Waals surface area (Å²) in [7, 11) is 1.60. The fourth-order valence-electron chi connectivity index (χ4n) is 3.07. The minimum absolute atomic E-state index is 0.0543. The van der Waals surface area contributed by atoms with Crippen LogP contribution < -0.4 is 20.7 Å². The number of carbonyl (C=O) groups is 2. The van der Waals surface area contributed by atoms with Gasteiger partial charge in [-0.05, 0) is 32.0 Å². The van der Waals surface area contributed by atoms with Crippen molar-refractivity contribution < 1.29 is 19.1 Å². The molecule has 1 aromatic carbocycles. The zero-order chi connectivity index (χ0) is 17.2. The van der Waals surface area contributed by atoms with Gasteiger partial charge in [-0.25, -0.2) is 0 Å². The summed E-state index contributed by atoms with van der Waals surface area (Å²) in [6.45, 7) is 1.84. The highest BCUT2D eigenvalue weighted by atomic mass is 35.5. The molecule has 2 amide bonds. The summed E-state index contributed by atoms with van der Waals surface area (Å²) < 4.78 is 10.7. The number of amides is 2. The van der Waals surface area contributed by atoms with Crippen molar-refractivity contribution >= 4 is 34.8 Å². The lowest BCUT2D eigenvalue weighted by molar-refractivity contribution is -0.130. The Morgan fingerprint density at radius 3 is 2.88 bits per heavy atom. The van der Waals surface area contributed by atoms with Gasteiger partial charge >= 0.3 is 0 Å². The van der Waals surface area contributed by atoms with Crippen LogP contribution in [0.25, 0.3) is 0 Å². The molecule has 2 aliphatic heterocycles. The molecule has 0 spiro atoms. The van der Waals surface area contributed by atoms with Gasteiger partial charge in [0.2, 0.25) is 5.91 Å². The zero-order valence-electron chi connectivity index (χ0n) is 13.4. The molecule has 0 atom stereocenters. The molecule has 1 saturated heterocycles. The molecule has 0 bridgehead atoms. The van der Waals surface area contributed by atoms with Gasteiger partial charge in [-0.15, -0.1) is 0 Å². The molecule has 2 aliphatic rings. The molecule has 3 rings (SSSR count). The summed E-state index contributed by atoms with van der Waals surface area (Å²) in [5.41, 5.74) is 0.391. The first kappa shape index (κ1) is 17.0. The van der Waals surface area contributed by atoms with Crippen molar-refractivity contribution in [1.82, 2.24) is 5.32 Å². The summed E-state index contributed by atoms with van der Waals surface area (Å²) in [5, 5.41) is 9.17. The quantitative estimate of drug-likeness (QED) is 0.765. The van der Waals surface area contributed by atoms with E-state index in [1.807, 2.05) is 0 Å². The Bertz CT molecular complexity index is 653. The Morgan fingerprint density at radius 1 is 1.42 bits per heavy atom. The number of halogens is 1. The van der Waals surface area contributed by atoms with E-state index in [4.69, 9.17) is 21.1 Å². The van der Waals surface area contributed by atoms with Crippen LogP contribution in [-0.2, 0) is 14.3 Å². The summed E-state index contributed by atoms with van der Waals surface area (Å²) in [6, 6.07) is 3.21. The number of fused-ring (bicyclic) bond motifs is 1. The molecular weight excluding hydrogens is 334 g/mol. The molecule has 0 radical (unpaired) electrons. The predicted octanol–water partition coefficient (Wildman–Crippen LogP) is 1.63. The number of hydrogen-bond donors (Lipinski definition) is 3. The van der Waals surface area contributed by atoms with Crippen LogP contribution in [-0.4, -0.2) is 45.2 Å². The van der Waals surface area contributed by atoms with Crippen LogP contribution >= 0.6 is 11.6 Å². The molecule has 0 aliphatic carbocycles. The Hall–Kier alpha value is -1.83. The lowest BCUT2D eigenvalue weighted by Crippen LogP contribution is -2.47. The number of methoxy groups -OCH3 is 1. The summed E-state index contributed by atoms with van der Waals surface area (Å²) >= 11 is 6.25. The summed E-state index contributed by atoms with van der Waals surface area (Å²) in [4.78, 5) is 24.2. The van der Waals surface area contributed by atoms with Crippen molar-refractivity contribution in [2.75, 3.05) is 44.0 Å². The van der Waals surface area contributed by atoms with Gasteiger partial charge in [0.1, 0.15) is 5.75 Å². The highest BCUT2D eigenvalue weighted by Crippen LogP contribution is 2.38.